The zero-order valence-electron chi connectivity index (χ0n) is 6.88. The Labute approximate surface area is 83.3 Å². The molecule has 0 aliphatic heterocycles. The number of pyridine rings is 1. The third-order valence-electron chi connectivity index (χ3n) is 1.46. The minimum atomic E-state index is -3.49. The normalized spacial score (nSPS) is 11.4. The van der Waals surface area contributed by atoms with Gasteiger partial charge in [0.1, 0.15) is 17.3 Å². The number of alkyl halides is 2. The molecule has 0 saturated carbocycles. The average molecular weight is 222 g/mol. The van der Waals surface area contributed by atoms with E-state index < -0.39 is 24.0 Å². The maximum absolute atomic E-state index is 13.1. The van der Waals surface area contributed by atoms with Gasteiger partial charge in [-0.15, -0.1) is 0 Å². The van der Waals surface area contributed by atoms with Gasteiger partial charge < -0.3 is 5.11 Å². The lowest BCUT2D eigenvalue weighted by Gasteiger charge is -2.12. The highest BCUT2D eigenvalue weighted by Crippen LogP contribution is 2.30. The molecule has 0 aromatic carbocycles. The summed E-state index contributed by atoms with van der Waals surface area (Å²) in [4.78, 5) is 13.5. The van der Waals surface area contributed by atoms with Gasteiger partial charge in [-0.1, -0.05) is 17.7 Å². The number of halogens is 3. The number of nitrogens with zero attached hydrogens (tertiary/aromatic N) is 1. The summed E-state index contributed by atoms with van der Waals surface area (Å²) in [7, 11) is 0. The van der Waals surface area contributed by atoms with E-state index in [1.165, 1.54) is 12.1 Å². The Kier molecular flexibility index (Phi) is 3.00. The second kappa shape index (κ2) is 3.88. The number of hydrogen-bond acceptors (Lipinski definition) is 2. The fourth-order valence-corrected chi connectivity index (χ4v) is 1.06. The van der Waals surface area contributed by atoms with E-state index in [0.717, 1.165) is 6.07 Å². The summed E-state index contributed by atoms with van der Waals surface area (Å²) in [6.07, 6.45) is -1.29. The van der Waals surface area contributed by atoms with Crippen LogP contribution in [0.5, 0.6) is 0 Å². The number of carboxylic acids is 1. The molecule has 1 N–H and O–H groups in total. The van der Waals surface area contributed by atoms with Crippen LogP contribution in [-0.4, -0.2) is 16.1 Å². The highest BCUT2D eigenvalue weighted by Gasteiger charge is 2.36. The van der Waals surface area contributed by atoms with E-state index in [1.807, 2.05) is 0 Å². The summed E-state index contributed by atoms with van der Waals surface area (Å²) in [6, 6.07) is 3.66. The zero-order valence-corrected chi connectivity index (χ0v) is 7.63. The number of carboxylic acid groups (broad SMARTS) is 1. The molecule has 76 valence electrons. The predicted octanol–water partition coefficient (Wildman–Crippen LogP) is 2.30. The summed E-state index contributed by atoms with van der Waals surface area (Å²) < 4.78 is 26.2. The minimum absolute atomic E-state index is 0.0902. The van der Waals surface area contributed by atoms with E-state index >= 15 is 0 Å². The summed E-state index contributed by atoms with van der Waals surface area (Å²) in [5.41, 5.74) is -0.632. The van der Waals surface area contributed by atoms with E-state index in [2.05, 4.69) is 4.98 Å². The maximum atomic E-state index is 13.1. The summed E-state index contributed by atoms with van der Waals surface area (Å²) in [5, 5.41) is 8.15. The minimum Gasteiger partial charge on any atom is -0.481 e. The molecule has 0 saturated heterocycles. The first kappa shape index (κ1) is 10.8. The van der Waals surface area contributed by atoms with E-state index in [0.29, 0.717) is 0 Å². The maximum Gasteiger partial charge on any atom is 0.309 e. The zero-order chi connectivity index (χ0) is 10.8. The van der Waals surface area contributed by atoms with Crippen LogP contribution >= 0.6 is 11.6 Å². The van der Waals surface area contributed by atoms with Crippen molar-refractivity contribution in [2.24, 2.45) is 0 Å². The molecule has 0 spiro atoms. The highest BCUT2D eigenvalue weighted by molar-refractivity contribution is 6.29. The van der Waals surface area contributed by atoms with Gasteiger partial charge in [0.25, 0.3) is 5.92 Å². The van der Waals surface area contributed by atoms with Crippen LogP contribution in [0.4, 0.5) is 8.78 Å². The standard InChI is InChI=1S/C8H6ClF2NO2/c9-6-3-1-2-5(12-6)8(10,11)4-7(13)14/h1-3H,4H2,(H,13,14). The third-order valence-corrected chi connectivity index (χ3v) is 1.67. The Hall–Kier alpha value is -1.23. The second-order valence-electron chi connectivity index (χ2n) is 2.62. The van der Waals surface area contributed by atoms with Crippen molar-refractivity contribution in [2.75, 3.05) is 0 Å². The molecular formula is C8H6ClF2NO2. The lowest BCUT2D eigenvalue weighted by molar-refractivity contribution is -0.145. The molecule has 0 aliphatic rings. The van der Waals surface area contributed by atoms with Gasteiger partial charge in [0.2, 0.25) is 0 Å². The molecule has 0 unspecified atom stereocenters. The molecule has 1 heterocycles. The van der Waals surface area contributed by atoms with Crippen LogP contribution in [0.25, 0.3) is 0 Å². The van der Waals surface area contributed by atoms with Crippen LogP contribution in [0.1, 0.15) is 12.1 Å². The Morgan fingerprint density at radius 1 is 1.57 bits per heavy atom. The molecule has 0 bridgehead atoms. The molecule has 0 aliphatic carbocycles. The Morgan fingerprint density at radius 3 is 2.71 bits per heavy atom. The van der Waals surface area contributed by atoms with Gasteiger partial charge in [0.05, 0.1) is 0 Å². The molecule has 0 radical (unpaired) electrons. The molecule has 1 aromatic heterocycles. The van der Waals surface area contributed by atoms with E-state index in [9.17, 15) is 13.6 Å². The Morgan fingerprint density at radius 2 is 2.21 bits per heavy atom. The Bertz CT molecular complexity index is 357. The van der Waals surface area contributed by atoms with Crippen molar-refractivity contribution >= 4 is 17.6 Å². The van der Waals surface area contributed by atoms with Gasteiger partial charge >= 0.3 is 5.97 Å². The number of rotatable bonds is 3. The molecule has 0 atom stereocenters. The SMILES string of the molecule is O=C(O)CC(F)(F)c1cccc(Cl)n1. The molecule has 0 fully saturated rings. The van der Waals surface area contributed by atoms with Gasteiger partial charge in [-0.25, -0.2) is 4.98 Å². The fourth-order valence-electron chi connectivity index (χ4n) is 0.892. The predicted molar refractivity (Wildman–Crippen MR) is 45.4 cm³/mol. The van der Waals surface area contributed by atoms with Gasteiger partial charge in [0, 0.05) is 0 Å². The fraction of sp³-hybridized carbons (Fsp3) is 0.250. The molecule has 1 rings (SSSR count). The monoisotopic (exact) mass is 221 g/mol. The number of carbonyl (C=O) groups is 1. The quantitative estimate of drug-likeness (QED) is 0.797. The van der Waals surface area contributed by atoms with E-state index in [-0.39, 0.29) is 5.15 Å². The first-order chi connectivity index (χ1) is 6.42. The highest BCUT2D eigenvalue weighted by atomic mass is 35.5. The van der Waals surface area contributed by atoms with Crippen molar-refractivity contribution in [3.63, 3.8) is 0 Å². The number of aliphatic carboxylic acids is 1. The van der Waals surface area contributed by atoms with Crippen molar-refractivity contribution in [2.45, 2.75) is 12.3 Å². The average Bonchev–Trinajstić information content (AvgIpc) is 2.01. The second-order valence-corrected chi connectivity index (χ2v) is 3.01. The first-order valence-corrected chi connectivity index (χ1v) is 4.02. The van der Waals surface area contributed by atoms with Gasteiger partial charge in [-0.05, 0) is 12.1 Å². The van der Waals surface area contributed by atoms with Crippen LogP contribution in [0.3, 0.4) is 0 Å². The van der Waals surface area contributed by atoms with Gasteiger partial charge in [0.15, 0.2) is 0 Å². The summed E-state index contributed by atoms with van der Waals surface area (Å²) >= 11 is 5.40. The molecule has 3 nitrogen and oxygen atoms in total. The lowest BCUT2D eigenvalue weighted by atomic mass is 10.1. The van der Waals surface area contributed by atoms with Crippen molar-refractivity contribution in [3.8, 4) is 0 Å². The molecule has 1 aromatic rings. The largest absolute Gasteiger partial charge is 0.481 e. The molecular weight excluding hydrogens is 216 g/mol. The van der Waals surface area contributed by atoms with Crippen LogP contribution in [0, 0.1) is 0 Å². The molecule has 0 amide bonds. The third kappa shape index (κ3) is 2.63. The number of aromatic nitrogens is 1. The molecule has 6 heteroatoms. The smallest absolute Gasteiger partial charge is 0.309 e. The van der Waals surface area contributed by atoms with Crippen molar-refractivity contribution in [1.29, 1.82) is 0 Å². The van der Waals surface area contributed by atoms with E-state index in [1.54, 1.807) is 0 Å². The number of hydrogen-bond donors (Lipinski definition) is 1. The lowest BCUT2D eigenvalue weighted by Crippen LogP contribution is -2.19. The van der Waals surface area contributed by atoms with Crippen molar-refractivity contribution < 1.29 is 18.7 Å². The first-order valence-electron chi connectivity index (χ1n) is 3.64. The topological polar surface area (TPSA) is 50.2 Å². The summed E-state index contributed by atoms with van der Waals surface area (Å²) in [6.45, 7) is 0. The van der Waals surface area contributed by atoms with Crippen LogP contribution in [-0.2, 0) is 10.7 Å². The van der Waals surface area contributed by atoms with Crippen LogP contribution in [0.2, 0.25) is 5.15 Å². The van der Waals surface area contributed by atoms with Gasteiger partial charge in [-0.2, -0.15) is 8.78 Å². The van der Waals surface area contributed by atoms with E-state index in [4.69, 9.17) is 16.7 Å². The van der Waals surface area contributed by atoms with Crippen LogP contribution < -0.4 is 0 Å². The summed E-state index contributed by atoms with van der Waals surface area (Å²) in [5.74, 6) is -5.08. The Balaban J connectivity index is 2.97. The van der Waals surface area contributed by atoms with Gasteiger partial charge in [-0.3, -0.25) is 4.79 Å². The van der Waals surface area contributed by atoms with Crippen molar-refractivity contribution in [1.82, 2.24) is 4.98 Å². The van der Waals surface area contributed by atoms with Crippen LogP contribution in [0.15, 0.2) is 18.2 Å². The molecule has 14 heavy (non-hydrogen) atoms. The van der Waals surface area contributed by atoms with Crippen molar-refractivity contribution in [3.05, 3.63) is 29.0 Å².